The first-order chi connectivity index (χ1) is 9.18. The summed E-state index contributed by atoms with van der Waals surface area (Å²) in [5.74, 6) is 0. The lowest BCUT2D eigenvalue weighted by molar-refractivity contribution is -0.384. The molecule has 0 aromatic heterocycles. The molecule has 1 atom stereocenters. The van der Waals surface area contributed by atoms with E-state index >= 15 is 0 Å². The van der Waals surface area contributed by atoms with E-state index in [0.717, 1.165) is 0 Å². The van der Waals surface area contributed by atoms with Gasteiger partial charge in [0.05, 0.1) is 11.0 Å². The molecule has 0 aliphatic rings. The maximum atomic E-state index is 11.3. The Hall–Kier alpha value is -1.88. The second kappa shape index (κ2) is 6.05. The smallest absolute Gasteiger partial charge is 0.292 e. The van der Waals surface area contributed by atoms with E-state index in [1.54, 1.807) is 25.1 Å². The van der Waals surface area contributed by atoms with Crippen LogP contribution in [-0.4, -0.2) is 22.1 Å². The topological polar surface area (TPSA) is 66.6 Å². The van der Waals surface area contributed by atoms with Crippen molar-refractivity contribution in [2.45, 2.75) is 39.3 Å². The van der Waals surface area contributed by atoms with E-state index in [4.69, 9.17) is 0 Å². The van der Waals surface area contributed by atoms with Crippen LogP contribution < -0.4 is 4.90 Å². The van der Waals surface area contributed by atoms with Crippen molar-refractivity contribution < 1.29 is 10.0 Å². The molecule has 110 valence electrons. The number of aliphatic hydroxyl groups is 1. The number of nitro groups is 1. The average molecular weight is 278 g/mol. The molecule has 0 heterocycles. The molecule has 1 aromatic carbocycles. The van der Waals surface area contributed by atoms with Crippen LogP contribution in [0.2, 0.25) is 0 Å². The van der Waals surface area contributed by atoms with Crippen LogP contribution in [0.5, 0.6) is 0 Å². The zero-order valence-electron chi connectivity index (χ0n) is 12.5. The predicted molar refractivity (Wildman–Crippen MR) is 81.0 cm³/mol. The number of anilines is 1. The highest BCUT2D eigenvalue weighted by atomic mass is 16.6. The second-order valence-electron chi connectivity index (χ2n) is 5.75. The second-order valence-corrected chi connectivity index (χ2v) is 5.75. The molecule has 0 aliphatic carbocycles. The molecule has 0 radical (unpaired) electrons. The van der Waals surface area contributed by atoms with E-state index in [9.17, 15) is 15.2 Å². The first-order valence-electron chi connectivity index (χ1n) is 6.53. The zero-order valence-corrected chi connectivity index (χ0v) is 12.5. The minimum atomic E-state index is -0.731. The lowest BCUT2D eigenvalue weighted by atomic mass is 10.0. The monoisotopic (exact) mass is 278 g/mol. The van der Waals surface area contributed by atoms with Gasteiger partial charge in [-0.2, -0.15) is 0 Å². The standard InChI is InChI=1S/C15H22N2O3/c1-6-9-16(15(3,4)5)13-8-7-12(11(2)18)10-14(13)17(19)20/h6-8,10-11,18H,1,9H2,2-5H3/t11-/m0/s1. The first-order valence-corrected chi connectivity index (χ1v) is 6.53. The van der Waals surface area contributed by atoms with Crippen LogP contribution in [0.3, 0.4) is 0 Å². The zero-order chi connectivity index (χ0) is 15.5. The van der Waals surface area contributed by atoms with Gasteiger partial charge in [0.1, 0.15) is 5.69 Å². The van der Waals surface area contributed by atoms with Crippen LogP contribution >= 0.6 is 0 Å². The molecule has 0 saturated carbocycles. The van der Waals surface area contributed by atoms with Gasteiger partial charge in [0.15, 0.2) is 0 Å². The van der Waals surface area contributed by atoms with Crippen molar-refractivity contribution in [3.8, 4) is 0 Å². The van der Waals surface area contributed by atoms with Crippen molar-refractivity contribution in [3.05, 3.63) is 46.5 Å². The Morgan fingerprint density at radius 3 is 2.50 bits per heavy atom. The Morgan fingerprint density at radius 2 is 2.10 bits per heavy atom. The van der Waals surface area contributed by atoms with Crippen molar-refractivity contribution in [3.63, 3.8) is 0 Å². The lowest BCUT2D eigenvalue weighted by Crippen LogP contribution is -2.42. The minimum absolute atomic E-state index is 0.000162. The fourth-order valence-electron chi connectivity index (χ4n) is 2.04. The van der Waals surface area contributed by atoms with Crippen LogP contribution in [0.1, 0.15) is 39.4 Å². The highest BCUT2D eigenvalue weighted by Crippen LogP contribution is 2.34. The molecule has 1 aromatic rings. The van der Waals surface area contributed by atoms with E-state index in [2.05, 4.69) is 6.58 Å². The SMILES string of the molecule is C=CCN(c1ccc([C@H](C)O)cc1[N+](=O)[O-])C(C)(C)C. The molecule has 0 aliphatic heterocycles. The molecule has 20 heavy (non-hydrogen) atoms. The van der Waals surface area contributed by atoms with E-state index in [1.807, 2.05) is 25.7 Å². The summed E-state index contributed by atoms with van der Waals surface area (Å²) < 4.78 is 0. The van der Waals surface area contributed by atoms with E-state index in [-0.39, 0.29) is 11.2 Å². The molecule has 5 heteroatoms. The third-order valence-electron chi connectivity index (χ3n) is 3.09. The van der Waals surface area contributed by atoms with Crippen molar-refractivity contribution in [1.29, 1.82) is 0 Å². The number of nitro benzene ring substituents is 1. The van der Waals surface area contributed by atoms with Gasteiger partial charge in [-0.1, -0.05) is 12.1 Å². The van der Waals surface area contributed by atoms with Gasteiger partial charge in [-0.05, 0) is 39.3 Å². The Kier molecular flexibility index (Phi) is 4.89. The molecule has 0 unspecified atom stereocenters. The van der Waals surface area contributed by atoms with Crippen LogP contribution in [0.4, 0.5) is 11.4 Å². The molecular weight excluding hydrogens is 256 g/mol. The van der Waals surface area contributed by atoms with Crippen molar-refractivity contribution in [2.75, 3.05) is 11.4 Å². The normalized spacial score (nSPS) is 12.8. The largest absolute Gasteiger partial charge is 0.389 e. The van der Waals surface area contributed by atoms with Crippen LogP contribution in [0.25, 0.3) is 0 Å². The third-order valence-corrected chi connectivity index (χ3v) is 3.09. The van der Waals surface area contributed by atoms with Gasteiger partial charge in [0.25, 0.3) is 5.69 Å². The van der Waals surface area contributed by atoms with Gasteiger partial charge in [-0.25, -0.2) is 0 Å². The summed E-state index contributed by atoms with van der Waals surface area (Å²) in [6.07, 6.45) is 0.989. The maximum absolute atomic E-state index is 11.3. The Labute approximate surface area is 119 Å². The first kappa shape index (κ1) is 16.2. The summed E-state index contributed by atoms with van der Waals surface area (Å²) in [7, 11) is 0. The number of rotatable bonds is 5. The number of benzene rings is 1. The van der Waals surface area contributed by atoms with Gasteiger partial charge >= 0.3 is 0 Å². The van der Waals surface area contributed by atoms with Gasteiger partial charge < -0.3 is 10.0 Å². The van der Waals surface area contributed by atoms with Gasteiger partial charge in [0, 0.05) is 18.2 Å². The van der Waals surface area contributed by atoms with Crippen molar-refractivity contribution in [2.24, 2.45) is 0 Å². The Balaban J connectivity index is 3.41. The molecule has 0 saturated heterocycles. The van der Waals surface area contributed by atoms with E-state index in [0.29, 0.717) is 17.8 Å². The molecule has 0 fully saturated rings. The lowest BCUT2D eigenvalue weighted by Gasteiger charge is -2.36. The molecule has 0 amide bonds. The highest BCUT2D eigenvalue weighted by Gasteiger charge is 2.27. The molecular formula is C15H22N2O3. The summed E-state index contributed by atoms with van der Waals surface area (Å²) in [5.41, 5.74) is 0.797. The van der Waals surface area contributed by atoms with E-state index < -0.39 is 11.0 Å². The molecule has 1 N–H and O–H groups in total. The fourth-order valence-corrected chi connectivity index (χ4v) is 2.04. The highest BCUT2D eigenvalue weighted by molar-refractivity contribution is 5.66. The Bertz CT molecular complexity index is 504. The van der Waals surface area contributed by atoms with Crippen molar-refractivity contribution in [1.82, 2.24) is 0 Å². The summed E-state index contributed by atoms with van der Waals surface area (Å²) >= 11 is 0. The average Bonchev–Trinajstić information content (AvgIpc) is 2.33. The third kappa shape index (κ3) is 3.57. The summed E-state index contributed by atoms with van der Waals surface area (Å²) in [6.45, 7) is 11.8. The quantitative estimate of drug-likeness (QED) is 0.509. The molecule has 5 nitrogen and oxygen atoms in total. The predicted octanol–water partition coefficient (Wildman–Crippen LogP) is 3.44. The fraction of sp³-hybridized carbons (Fsp3) is 0.467. The van der Waals surface area contributed by atoms with E-state index in [1.165, 1.54) is 6.07 Å². The molecule has 0 spiro atoms. The maximum Gasteiger partial charge on any atom is 0.292 e. The molecule has 1 rings (SSSR count). The molecule has 0 bridgehead atoms. The Morgan fingerprint density at radius 1 is 1.50 bits per heavy atom. The van der Waals surface area contributed by atoms with Gasteiger partial charge in [-0.3, -0.25) is 10.1 Å². The number of nitrogens with zero attached hydrogens (tertiary/aromatic N) is 2. The van der Waals surface area contributed by atoms with Crippen LogP contribution in [0, 0.1) is 10.1 Å². The van der Waals surface area contributed by atoms with Crippen LogP contribution in [-0.2, 0) is 0 Å². The minimum Gasteiger partial charge on any atom is -0.389 e. The summed E-state index contributed by atoms with van der Waals surface area (Å²) in [4.78, 5) is 12.8. The number of hydrogen-bond acceptors (Lipinski definition) is 4. The summed E-state index contributed by atoms with van der Waals surface area (Å²) in [5, 5.41) is 20.9. The summed E-state index contributed by atoms with van der Waals surface area (Å²) in [6, 6.07) is 4.84. The van der Waals surface area contributed by atoms with Crippen LogP contribution in [0.15, 0.2) is 30.9 Å². The van der Waals surface area contributed by atoms with Gasteiger partial charge in [0.2, 0.25) is 0 Å². The van der Waals surface area contributed by atoms with Gasteiger partial charge in [-0.15, -0.1) is 6.58 Å². The number of hydrogen-bond donors (Lipinski definition) is 1. The van der Waals surface area contributed by atoms with Crippen molar-refractivity contribution >= 4 is 11.4 Å². The number of aliphatic hydroxyl groups excluding tert-OH is 1.